The van der Waals surface area contributed by atoms with Gasteiger partial charge in [-0.05, 0) is 19.8 Å². The zero-order valence-corrected chi connectivity index (χ0v) is 11.6. The molecular formula is C13H20N2O2S. The van der Waals surface area contributed by atoms with Crippen LogP contribution in [-0.4, -0.2) is 17.6 Å². The van der Waals surface area contributed by atoms with Gasteiger partial charge >= 0.3 is 5.97 Å². The molecule has 1 fully saturated rings. The standard InChI is InChI=1S/C13H20N2O2S/c1-2-17-11(16)10-9-18-12(15-10)13(14)7-5-3-4-6-8-13/h9H,2-8,14H2,1H3. The van der Waals surface area contributed by atoms with Gasteiger partial charge in [0, 0.05) is 5.38 Å². The van der Waals surface area contributed by atoms with Gasteiger partial charge in [0.1, 0.15) is 5.01 Å². The van der Waals surface area contributed by atoms with Crippen molar-refractivity contribution in [2.45, 2.75) is 51.0 Å². The normalized spacial score (nSPS) is 19.2. The van der Waals surface area contributed by atoms with E-state index in [1.54, 1.807) is 12.3 Å². The van der Waals surface area contributed by atoms with Crippen molar-refractivity contribution in [1.29, 1.82) is 0 Å². The molecular weight excluding hydrogens is 248 g/mol. The topological polar surface area (TPSA) is 65.2 Å². The molecule has 0 radical (unpaired) electrons. The Bertz CT molecular complexity index is 409. The number of thiazole rings is 1. The maximum atomic E-state index is 11.6. The van der Waals surface area contributed by atoms with Gasteiger partial charge in [-0.25, -0.2) is 9.78 Å². The van der Waals surface area contributed by atoms with Crippen LogP contribution in [0.2, 0.25) is 0 Å². The lowest BCUT2D eigenvalue weighted by molar-refractivity contribution is 0.0520. The fraction of sp³-hybridized carbons (Fsp3) is 0.692. The highest BCUT2D eigenvalue weighted by atomic mass is 32.1. The number of carbonyl (C=O) groups is 1. The summed E-state index contributed by atoms with van der Waals surface area (Å²) in [5.41, 5.74) is 6.52. The van der Waals surface area contributed by atoms with Crippen LogP contribution in [0.25, 0.3) is 0 Å². The molecule has 0 bridgehead atoms. The van der Waals surface area contributed by atoms with E-state index >= 15 is 0 Å². The molecule has 1 aromatic heterocycles. The number of carbonyl (C=O) groups excluding carboxylic acids is 1. The summed E-state index contributed by atoms with van der Waals surface area (Å²) in [5, 5.41) is 2.64. The Balaban J connectivity index is 2.15. The van der Waals surface area contributed by atoms with Gasteiger partial charge in [-0.3, -0.25) is 0 Å². The lowest BCUT2D eigenvalue weighted by Gasteiger charge is -2.25. The predicted octanol–water partition coefficient (Wildman–Crippen LogP) is 2.83. The predicted molar refractivity (Wildman–Crippen MR) is 71.6 cm³/mol. The summed E-state index contributed by atoms with van der Waals surface area (Å²) in [5.74, 6) is -0.350. The molecule has 18 heavy (non-hydrogen) atoms. The number of nitrogens with two attached hydrogens (primary N) is 1. The Kier molecular flexibility index (Phi) is 4.35. The molecule has 0 aliphatic heterocycles. The Morgan fingerprint density at radius 3 is 2.72 bits per heavy atom. The Morgan fingerprint density at radius 2 is 2.11 bits per heavy atom. The third kappa shape index (κ3) is 2.90. The minimum absolute atomic E-state index is 0.341. The van der Waals surface area contributed by atoms with Gasteiger partial charge in [0.25, 0.3) is 0 Å². The van der Waals surface area contributed by atoms with E-state index in [0.717, 1.165) is 30.7 Å². The van der Waals surface area contributed by atoms with Crippen LogP contribution in [-0.2, 0) is 10.3 Å². The third-order valence-electron chi connectivity index (χ3n) is 3.41. The molecule has 100 valence electrons. The number of ether oxygens (including phenoxy) is 1. The summed E-state index contributed by atoms with van der Waals surface area (Å²) in [4.78, 5) is 16.0. The first-order valence-corrected chi connectivity index (χ1v) is 7.46. The van der Waals surface area contributed by atoms with Gasteiger partial charge in [0.2, 0.25) is 0 Å². The lowest BCUT2D eigenvalue weighted by atomic mass is 9.92. The zero-order valence-electron chi connectivity index (χ0n) is 10.8. The van der Waals surface area contributed by atoms with E-state index in [0.29, 0.717) is 12.3 Å². The number of hydrogen-bond donors (Lipinski definition) is 1. The SMILES string of the molecule is CCOC(=O)c1csc(C2(N)CCCCCC2)n1. The molecule has 1 heterocycles. The molecule has 1 saturated carbocycles. The molecule has 0 amide bonds. The largest absolute Gasteiger partial charge is 0.461 e. The quantitative estimate of drug-likeness (QED) is 0.676. The van der Waals surface area contributed by atoms with E-state index in [4.69, 9.17) is 10.5 Å². The molecule has 2 rings (SSSR count). The highest BCUT2D eigenvalue weighted by molar-refractivity contribution is 7.10. The van der Waals surface area contributed by atoms with Crippen LogP contribution in [0.1, 0.15) is 60.9 Å². The Labute approximate surface area is 112 Å². The average molecular weight is 268 g/mol. The van der Waals surface area contributed by atoms with Crippen molar-refractivity contribution in [2.24, 2.45) is 5.73 Å². The number of esters is 1. The lowest BCUT2D eigenvalue weighted by Crippen LogP contribution is -2.36. The monoisotopic (exact) mass is 268 g/mol. The highest BCUT2D eigenvalue weighted by Crippen LogP contribution is 2.35. The summed E-state index contributed by atoms with van der Waals surface area (Å²) >= 11 is 1.48. The second-order valence-electron chi connectivity index (χ2n) is 4.83. The van der Waals surface area contributed by atoms with Gasteiger partial charge in [0.15, 0.2) is 5.69 Å². The fourth-order valence-corrected chi connectivity index (χ4v) is 3.34. The summed E-state index contributed by atoms with van der Waals surface area (Å²) < 4.78 is 4.95. The van der Waals surface area contributed by atoms with E-state index in [-0.39, 0.29) is 11.5 Å². The fourth-order valence-electron chi connectivity index (χ4n) is 2.37. The molecule has 0 saturated heterocycles. The smallest absolute Gasteiger partial charge is 0.357 e. The first kappa shape index (κ1) is 13.5. The van der Waals surface area contributed by atoms with Gasteiger partial charge < -0.3 is 10.5 Å². The van der Waals surface area contributed by atoms with Crippen LogP contribution in [0.3, 0.4) is 0 Å². The molecule has 1 aliphatic rings. The van der Waals surface area contributed by atoms with E-state index in [9.17, 15) is 4.79 Å². The highest BCUT2D eigenvalue weighted by Gasteiger charge is 2.32. The molecule has 0 atom stereocenters. The van der Waals surface area contributed by atoms with Crippen molar-refractivity contribution < 1.29 is 9.53 Å². The van der Waals surface area contributed by atoms with E-state index in [1.807, 2.05) is 0 Å². The van der Waals surface area contributed by atoms with Gasteiger partial charge in [-0.15, -0.1) is 11.3 Å². The summed E-state index contributed by atoms with van der Waals surface area (Å²) in [6, 6.07) is 0. The van der Waals surface area contributed by atoms with E-state index in [1.165, 1.54) is 24.2 Å². The van der Waals surface area contributed by atoms with Crippen LogP contribution in [0.4, 0.5) is 0 Å². The van der Waals surface area contributed by atoms with Crippen molar-refractivity contribution in [3.63, 3.8) is 0 Å². The van der Waals surface area contributed by atoms with Crippen LogP contribution in [0.5, 0.6) is 0 Å². The van der Waals surface area contributed by atoms with Crippen LogP contribution < -0.4 is 5.73 Å². The van der Waals surface area contributed by atoms with Gasteiger partial charge in [-0.1, -0.05) is 25.7 Å². The minimum Gasteiger partial charge on any atom is -0.461 e. The van der Waals surface area contributed by atoms with Crippen LogP contribution in [0.15, 0.2) is 5.38 Å². The molecule has 0 aromatic carbocycles. The van der Waals surface area contributed by atoms with Crippen molar-refractivity contribution in [3.05, 3.63) is 16.1 Å². The zero-order chi connectivity index (χ0) is 13.0. The second-order valence-corrected chi connectivity index (χ2v) is 5.69. The van der Waals surface area contributed by atoms with Crippen molar-refractivity contribution in [2.75, 3.05) is 6.61 Å². The van der Waals surface area contributed by atoms with Gasteiger partial charge in [0.05, 0.1) is 12.1 Å². The molecule has 5 heteroatoms. The first-order chi connectivity index (χ1) is 8.65. The Morgan fingerprint density at radius 1 is 1.44 bits per heavy atom. The molecule has 2 N–H and O–H groups in total. The van der Waals surface area contributed by atoms with E-state index < -0.39 is 0 Å². The van der Waals surface area contributed by atoms with Crippen LogP contribution >= 0.6 is 11.3 Å². The number of rotatable bonds is 3. The van der Waals surface area contributed by atoms with E-state index in [2.05, 4.69) is 4.98 Å². The number of aromatic nitrogens is 1. The van der Waals surface area contributed by atoms with Crippen molar-refractivity contribution >= 4 is 17.3 Å². The summed E-state index contributed by atoms with van der Waals surface area (Å²) in [6.07, 6.45) is 6.70. The summed E-state index contributed by atoms with van der Waals surface area (Å²) in [6.45, 7) is 2.17. The molecule has 4 nitrogen and oxygen atoms in total. The van der Waals surface area contributed by atoms with Gasteiger partial charge in [-0.2, -0.15) is 0 Å². The van der Waals surface area contributed by atoms with Crippen molar-refractivity contribution in [3.8, 4) is 0 Å². The van der Waals surface area contributed by atoms with Crippen LogP contribution in [0, 0.1) is 0 Å². The minimum atomic E-state index is -0.350. The molecule has 1 aromatic rings. The molecule has 0 unspecified atom stereocenters. The maximum Gasteiger partial charge on any atom is 0.357 e. The molecule has 0 spiro atoms. The first-order valence-electron chi connectivity index (χ1n) is 6.58. The average Bonchev–Trinajstić information content (AvgIpc) is 2.75. The van der Waals surface area contributed by atoms with Crippen molar-refractivity contribution in [1.82, 2.24) is 4.98 Å². The number of nitrogens with zero attached hydrogens (tertiary/aromatic N) is 1. The third-order valence-corrected chi connectivity index (χ3v) is 4.47. The summed E-state index contributed by atoms with van der Waals surface area (Å²) in [7, 11) is 0. The number of hydrogen-bond acceptors (Lipinski definition) is 5. The molecule has 1 aliphatic carbocycles. The Hall–Kier alpha value is -0.940. The maximum absolute atomic E-state index is 11.6. The second kappa shape index (κ2) is 5.80.